The maximum Gasteiger partial charge on any atom is 0.0679 e. The van der Waals surface area contributed by atoms with Crippen molar-refractivity contribution in [2.24, 2.45) is 56.2 Å². The highest BCUT2D eigenvalue weighted by molar-refractivity contribution is 5.36. The molecule has 200 valence electrons. The zero-order chi connectivity index (χ0) is 26.0. The Morgan fingerprint density at radius 3 is 2.14 bits per heavy atom. The Morgan fingerprint density at radius 2 is 1.51 bits per heavy atom. The Bertz CT molecular complexity index is 908. The Morgan fingerprint density at radius 1 is 0.857 bits per heavy atom. The lowest BCUT2D eigenvalue weighted by Gasteiger charge is -2.72. The number of fused-ring (bicyclic) bond motifs is 7. The van der Waals surface area contributed by atoms with E-state index >= 15 is 0 Å². The first kappa shape index (κ1) is 26.2. The number of allylic oxidation sites excluding steroid dienone is 2. The average Bonchev–Trinajstić information content (AvgIpc) is 2.76. The predicted molar refractivity (Wildman–Crippen MR) is 139 cm³/mol. The normalized spacial score (nSPS) is 56.7. The summed E-state index contributed by atoms with van der Waals surface area (Å²) in [5.74, 6) is 1.01. The van der Waals surface area contributed by atoms with E-state index in [1.165, 1.54) is 5.57 Å². The molecular formula is C31H52O4. The lowest BCUT2D eigenvalue weighted by atomic mass is 9.33. The lowest BCUT2D eigenvalue weighted by Crippen LogP contribution is -2.70. The van der Waals surface area contributed by atoms with Gasteiger partial charge in [-0.2, -0.15) is 0 Å². The molecule has 0 aromatic carbocycles. The monoisotopic (exact) mass is 488 g/mol. The van der Waals surface area contributed by atoms with Crippen LogP contribution in [0.2, 0.25) is 0 Å². The lowest BCUT2D eigenvalue weighted by molar-refractivity contribution is -0.245. The van der Waals surface area contributed by atoms with E-state index in [4.69, 9.17) is 0 Å². The predicted octanol–water partition coefficient (Wildman–Crippen LogP) is 5.33. The molecule has 5 aliphatic rings. The number of hydrogen-bond donors (Lipinski definition) is 4. The Balaban J connectivity index is 1.63. The smallest absolute Gasteiger partial charge is 0.0679 e. The van der Waals surface area contributed by atoms with E-state index in [1.807, 2.05) is 0 Å². The summed E-state index contributed by atoms with van der Waals surface area (Å²) in [4.78, 5) is 0. The third kappa shape index (κ3) is 2.95. The van der Waals surface area contributed by atoms with Gasteiger partial charge in [-0.1, -0.05) is 67.0 Å². The highest BCUT2D eigenvalue weighted by Crippen LogP contribution is 2.75. The average molecular weight is 489 g/mol. The van der Waals surface area contributed by atoms with Crippen LogP contribution >= 0.6 is 0 Å². The van der Waals surface area contributed by atoms with Crippen molar-refractivity contribution in [1.29, 1.82) is 0 Å². The minimum atomic E-state index is -0.873. The summed E-state index contributed by atoms with van der Waals surface area (Å²) in [6.07, 6.45) is 7.52. The Labute approximate surface area is 213 Å². The second-order valence-electron chi connectivity index (χ2n) is 15.6. The highest BCUT2D eigenvalue weighted by atomic mass is 16.3. The summed E-state index contributed by atoms with van der Waals surface area (Å²) in [6.45, 7) is 18.4. The Hall–Kier alpha value is -0.420. The van der Waals surface area contributed by atoms with Gasteiger partial charge in [-0.05, 0) is 95.7 Å². The molecule has 0 aliphatic heterocycles. The van der Waals surface area contributed by atoms with Crippen LogP contribution in [0, 0.1) is 56.2 Å². The first-order valence-corrected chi connectivity index (χ1v) is 14.4. The minimum Gasteiger partial charge on any atom is -0.396 e. The summed E-state index contributed by atoms with van der Waals surface area (Å²) in [6, 6.07) is 0. The van der Waals surface area contributed by atoms with Crippen molar-refractivity contribution in [3.63, 3.8) is 0 Å². The molecule has 0 radical (unpaired) electrons. The molecule has 5 rings (SSSR count). The molecule has 11 atom stereocenters. The molecule has 0 amide bonds. The van der Waals surface area contributed by atoms with Crippen LogP contribution in [-0.4, -0.2) is 45.3 Å². The maximum absolute atomic E-state index is 11.9. The van der Waals surface area contributed by atoms with E-state index in [1.54, 1.807) is 0 Å². The van der Waals surface area contributed by atoms with Crippen LogP contribution in [0.1, 0.15) is 100 Å². The molecule has 0 aromatic heterocycles. The van der Waals surface area contributed by atoms with E-state index in [2.05, 4.69) is 61.5 Å². The minimum absolute atomic E-state index is 0.00428. The van der Waals surface area contributed by atoms with Crippen molar-refractivity contribution in [3.8, 4) is 0 Å². The Kier molecular flexibility index (Phi) is 5.67. The van der Waals surface area contributed by atoms with Gasteiger partial charge in [0.2, 0.25) is 0 Å². The van der Waals surface area contributed by atoms with Gasteiger partial charge in [0, 0.05) is 0 Å². The third-order valence-corrected chi connectivity index (χ3v) is 14.0. The van der Waals surface area contributed by atoms with Crippen molar-refractivity contribution in [3.05, 3.63) is 11.6 Å². The van der Waals surface area contributed by atoms with Gasteiger partial charge in [-0.3, -0.25) is 0 Å². The largest absolute Gasteiger partial charge is 0.396 e. The summed E-state index contributed by atoms with van der Waals surface area (Å²) >= 11 is 0. The van der Waals surface area contributed by atoms with Gasteiger partial charge in [-0.15, -0.1) is 0 Å². The van der Waals surface area contributed by atoms with Gasteiger partial charge >= 0.3 is 0 Å². The van der Waals surface area contributed by atoms with Crippen molar-refractivity contribution < 1.29 is 20.4 Å². The first-order valence-electron chi connectivity index (χ1n) is 14.4. The van der Waals surface area contributed by atoms with Crippen molar-refractivity contribution in [2.45, 2.75) is 119 Å². The van der Waals surface area contributed by atoms with Gasteiger partial charge < -0.3 is 20.4 Å². The fourth-order valence-electron chi connectivity index (χ4n) is 11.1. The number of aliphatic hydroxyl groups excluding tert-OH is 4. The van der Waals surface area contributed by atoms with Crippen LogP contribution in [-0.2, 0) is 0 Å². The molecule has 0 bridgehead atoms. The molecule has 0 spiro atoms. The summed E-state index contributed by atoms with van der Waals surface area (Å²) in [5.41, 5.74) is 0.438. The fraction of sp³-hybridized carbons (Fsp3) is 0.935. The van der Waals surface area contributed by atoms with Crippen molar-refractivity contribution in [1.82, 2.24) is 0 Å². The topological polar surface area (TPSA) is 80.9 Å². The molecule has 4 fully saturated rings. The van der Waals surface area contributed by atoms with Gasteiger partial charge in [0.05, 0.1) is 30.3 Å². The van der Waals surface area contributed by atoms with Gasteiger partial charge in [-0.25, -0.2) is 0 Å². The van der Waals surface area contributed by atoms with Crippen molar-refractivity contribution >= 4 is 0 Å². The van der Waals surface area contributed by atoms with Gasteiger partial charge in [0.1, 0.15) is 0 Å². The fourth-order valence-corrected chi connectivity index (χ4v) is 11.1. The first-order chi connectivity index (χ1) is 16.0. The quantitative estimate of drug-likeness (QED) is 0.376. The maximum atomic E-state index is 11.9. The molecule has 35 heavy (non-hydrogen) atoms. The summed E-state index contributed by atoms with van der Waals surface area (Å²) in [5, 5.41) is 45.2. The second-order valence-corrected chi connectivity index (χ2v) is 15.6. The molecule has 4 saturated carbocycles. The standard InChI is InChI=1S/C31H52O4/c1-18-25(35)31(17-32)20(15-26(18,2)3)19-9-10-22-28(6)13-12-23(33)27(4,5)21(28)11-14-29(22,7)30(19,8)16-24(31)34/h9,18,20-25,32-35H,10-17H2,1-8H3/t18-,20?,21?,22?,23-,24+,25-,28-,29+,30+,31-/m0/s1. The van der Waals surface area contributed by atoms with E-state index in [-0.39, 0.29) is 51.6 Å². The summed E-state index contributed by atoms with van der Waals surface area (Å²) < 4.78 is 0. The number of hydrogen-bond acceptors (Lipinski definition) is 4. The zero-order valence-electron chi connectivity index (χ0n) is 23.6. The van der Waals surface area contributed by atoms with E-state index in [9.17, 15) is 20.4 Å². The van der Waals surface area contributed by atoms with Crippen molar-refractivity contribution in [2.75, 3.05) is 6.61 Å². The van der Waals surface area contributed by atoms with E-state index in [0.29, 0.717) is 18.3 Å². The van der Waals surface area contributed by atoms with Crippen LogP contribution < -0.4 is 0 Å². The molecular weight excluding hydrogens is 436 g/mol. The highest BCUT2D eigenvalue weighted by Gasteiger charge is 2.71. The zero-order valence-corrected chi connectivity index (χ0v) is 23.6. The third-order valence-electron chi connectivity index (χ3n) is 14.0. The van der Waals surface area contributed by atoms with Crippen LogP contribution in [0.3, 0.4) is 0 Å². The molecule has 4 heteroatoms. The molecule has 0 aromatic rings. The number of aliphatic hydroxyl groups is 4. The molecule has 0 saturated heterocycles. The van der Waals surface area contributed by atoms with Gasteiger partial charge in [0.15, 0.2) is 0 Å². The van der Waals surface area contributed by atoms with Crippen LogP contribution in [0.4, 0.5) is 0 Å². The van der Waals surface area contributed by atoms with Gasteiger partial charge in [0.25, 0.3) is 0 Å². The molecule has 3 unspecified atom stereocenters. The van der Waals surface area contributed by atoms with E-state index < -0.39 is 17.6 Å². The molecule has 4 N–H and O–H groups in total. The summed E-state index contributed by atoms with van der Waals surface area (Å²) in [7, 11) is 0. The second kappa shape index (κ2) is 7.58. The van der Waals surface area contributed by atoms with Crippen LogP contribution in [0.5, 0.6) is 0 Å². The SMILES string of the molecule is C[C@H]1[C@H](O)[C@@]2(CO)C(CC1(C)C)C1=CCC3[C@@]4(C)CC[C@H](O)C(C)(C)C4CC[C@@]3(C)[C@]1(C)C[C@H]2O. The van der Waals surface area contributed by atoms with Crippen LogP contribution in [0.25, 0.3) is 0 Å². The molecule has 5 aliphatic carbocycles. The molecule has 4 nitrogen and oxygen atoms in total. The number of rotatable bonds is 1. The molecule has 0 heterocycles. The van der Waals surface area contributed by atoms with Crippen LogP contribution in [0.15, 0.2) is 11.6 Å². The van der Waals surface area contributed by atoms with E-state index in [0.717, 1.165) is 38.5 Å².